The molecule has 0 aromatic heterocycles. The summed E-state index contributed by atoms with van der Waals surface area (Å²) in [4.78, 5) is 55.3. The number of alkyl carbamates (subject to hydrolysis) is 1. The molecule has 4 amide bonds. The molecule has 0 aliphatic carbocycles. The average molecular weight is 643 g/mol. The zero-order valence-electron chi connectivity index (χ0n) is 30.3. The van der Waals surface area contributed by atoms with Gasteiger partial charge in [0.2, 0.25) is 0 Å². The third kappa shape index (κ3) is 22.9. The fraction of sp³-hybridized carbons (Fsp3) is 0.818. The lowest BCUT2D eigenvalue weighted by molar-refractivity contribution is 0.0209. The standard InChI is InChI=1S/C33H62N4O8/c1-14-20-35(27(39)43-31(5,6)7)24-18-25-37(29(41)45-33(11,12)13)22-16-15-21-36(28(40)44-32(8,9)10)23-17-19-34-26(38)42-30(2,3)4/h15-16H,14,17-25H2,1-13H3,(H,34,38)/b16-15+. The molecular formula is C33H62N4O8. The monoisotopic (exact) mass is 642 g/mol. The number of nitrogens with zero attached hydrogens (tertiary/aromatic N) is 3. The van der Waals surface area contributed by atoms with Crippen LogP contribution in [0.4, 0.5) is 19.2 Å². The Labute approximate surface area is 272 Å². The van der Waals surface area contributed by atoms with Gasteiger partial charge in [-0.25, -0.2) is 19.2 Å². The van der Waals surface area contributed by atoms with E-state index >= 15 is 0 Å². The van der Waals surface area contributed by atoms with Crippen molar-refractivity contribution in [3.63, 3.8) is 0 Å². The molecule has 262 valence electrons. The van der Waals surface area contributed by atoms with Crippen LogP contribution in [0, 0.1) is 0 Å². The highest BCUT2D eigenvalue weighted by atomic mass is 16.6. The van der Waals surface area contributed by atoms with E-state index in [0.717, 1.165) is 6.42 Å². The van der Waals surface area contributed by atoms with Crippen LogP contribution in [0.5, 0.6) is 0 Å². The van der Waals surface area contributed by atoms with E-state index in [1.165, 1.54) is 0 Å². The second-order valence-corrected chi connectivity index (χ2v) is 14.9. The highest BCUT2D eigenvalue weighted by molar-refractivity contribution is 5.69. The maximum absolute atomic E-state index is 13.0. The van der Waals surface area contributed by atoms with Crippen LogP contribution in [0.25, 0.3) is 0 Å². The van der Waals surface area contributed by atoms with Gasteiger partial charge in [0.05, 0.1) is 0 Å². The molecule has 0 saturated carbocycles. The molecule has 0 atom stereocenters. The van der Waals surface area contributed by atoms with E-state index in [1.54, 1.807) is 89.2 Å². The number of carbonyl (C=O) groups is 4. The van der Waals surface area contributed by atoms with Crippen LogP contribution in [0.1, 0.15) is 109 Å². The molecule has 0 aromatic carbocycles. The van der Waals surface area contributed by atoms with Crippen molar-refractivity contribution in [2.45, 2.75) is 132 Å². The predicted molar refractivity (Wildman–Crippen MR) is 176 cm³/mol. The fourth-order valence-corrected chi connectivity index (χ4v) is 3.69. The van der Waals surface area contributed by atoms with Gasteiger partial charge in [-0.1, -0.05) is 19.1 Å². The molecule has 1 N–H and O–H groups in total. The lowest BCUT2D eigenvalue weighted by Crippen LogP contribution is -2.41. The van der Waals surface area contributed by atoms with Crippen molar-refractivity contribution in [3.05, 3.63) is 12.2 Å². The number of ether oxygens (including phenoxy) is 4. The molecule has 0 aliphatic rings. The van der Waals surface area contributed by atoms with Gasteiger partial charge in [0.15, 0.2) is 0 Å². The highest BCUT2D eigenvalue weighted by Gasteiger charge is 2.25. The summed E-state index contributed by atoms with van der Waals surface area (Å²) in [5.41, 5.74) is -2.55. The minimum absolute atomic E-state index is 0.242. The Bertz CT molecular complexity index is 956. The van der Waals surface area contributed by atoms with E-state index in [-0.39, 0.29) is 19.2 Å². The van der Waals surface area contributed by atoms with Gasteiger partial charge < -0.3 is 39.0 Å². The first-order valence-electron chi connectivity index (χ1n) is 16.0. The Hall–Kier alpha value is -3.18. The van der Waals surface area contributed by atoms with Crippen molar-refractivity contribution in [2.24, 2.45) is 0 Å². The molecule has 0 saturated heterocycles. The topological polar surface area (TPSA) is 127 Å². The summed E-state index contributed by atoms with van der Waals surface area (Å²) in [6.45, 7) is 26.1. The van der Waals surface area contributed by atoms with Crippen LogP contribution in [0.3, 0.4) is 0 Å². The molecule has 0 rings (SSSR count). The van der Waals surface area contributed by atoms with Gasteiger partial charge in [-0.3, -0.25) is 0 Å². The Morgan fingerprint density at radius 3 is 1.27 bits per heavy atom. The number of amides is 4. The summed E-state index contributed by atoms with van der Waals surface area (Å²) in [5.74, 6) is 0. The number of rotatable bonds is 14. The van der Waals surface area contributed by atoms with E-state index in [4.69, 9.17) is 18.9 Å². The quantitative estimate of drug-likeness (QED) is 0.122. The van der Waals surface area contributed by atoms with Crippen LogP contribution in [0.2, 0.25) is 0 Å². The number of nitrogens with one attached hydrogen (secondary N) is 1. The summed E-state index contributed by atoms with van der Waals surface area (Å²) in [5, 5.41) is 2.70. The molecule has 0 radical (unpaired) electrons. The van der Waals surface area contributed by atoms with Crippen LogP contribution in [-0.4, -0.2) is 107 Å². The van der Waals surface area contributed by atoms with Crippen molar-refractivity contribution in [3.8, 4) is 0 Å². The van der Waals surface area contributed by atoms with Crippen molar-refractivity contribution < 1.29 is 38.1 Å². The molecule has 12 heteroatoms. The van der Waals surface area contributed by atoms with Crippen LogP contribution < -0.4 is 5.32 Å². The Kier molecular flexibility index (Phi) is 17.4. The fourth-order valence-electron chi connectivity index (χ4n) is 3.69. The van der Waals surface area contributed by atoms with E-state index in [1.807, 2.05) is 27.7 Å². The average Bonchev–Trinajstić information content (AvgIpc) is 2.81. The normalized spacial score (nSPS) is 12.4. The van der Waals surface area contributed by atoms with E-state index in [0.29, 0.717) is 45.6 Å². The maximum Gasteiger partial charge on any atom is 0.410 e. The zero-order valence-corrected chi connectivity index (χ0v) is 30.3. The van der Waals surface area contributed by atoms with Gasteiger partial charge >= 0.3 is 24.4 Å². The van der Waals surface area contributed by atoms with Gasteiger partial charge in [0.1, 0.15) is 22.4 Å². The minimum Gasteiger partial charge on any atom is -0.444 e. The Morgan fingerprint density at radius 2 is 0.889 bits per heavy atom. The smallest absolute Gasteiger partial charge is 0.410 e. The van der Waals surface area contributed by atoms with E-state index < -0.39 is 40.7 Å². The molecule has 45 heavy (non-hydrogen) atoms. The van der Waals surface area contributed by atoms with Gasteiger partial charge in [-0.15, -0.1) is 0 Å². The summed E-state index contributed by atoms with van der Waals surface area (Å²) in [6.07, 6.45) is 3.56. The lowest BCUT2D eigenvalue weighted by Gasteiger charge is -2.29. The minimum atomic E-state index is -0.676. The third-order valence-electron chi connectivity index (χ3n) is 5.40. The number of carbonyl (C=O) groups excluding carboxylic acids is 4. The second-order valence-electron chi connectivity index (χ2n) is 14.9. The molecule has 0 aromatic rings. The molecule has 0 heterocycles. The summed E-state index contributed by atoms with van der Waals surface area (Å²) in [7, 11) is 0. The van der Waals surface area contributed by atoms with Crippen molar-refractivity contribution >= 4 is 24.4 Å². The van der Waals surface area contributed by atoms with Gasteiger partial charge in [-0.05, 0) is 102 Å². The number of hydrogen-bond acceptors (Lipinski definition) is 8. The van der Waals surface area contributed by atoms with Gasteiger partial charge in [-0.2, -0.15) is 0 Å². The van der Waals surface area contributed by atoms with Gasteiger partial charge in [0, 0.05) is 45.8 Å². The molecule has 0 fully saturated rings. The largest absolute Gasteiger partial charge is 0.444 e. The maximum atomic E-state index is 13.0. The Balaban J connectivity index is 5.43. The SMILES string of the molecule is CCCN(CCCN(C/C=C/CN(CCCNC(=O)OC(C)(C)C)C(=O)OC(C)(C)C)C(=O)OC(C)(C)C)C(=O)OC(C)(C)C. The van der Waals surface area contributed by atoms with Crippen molar-refractivity contribution in [2.75, 3.05) is 45.8 Å². The molecule has 0 unspecified atom stereocenters. The highest BCUT2D eigenvalue weighted by Crippen LogP contribution is 2.14. The summed E-state index contributed by atoms with van der Waals surface area (Å²) >= 11 is 0. The van der Waals surface area contributed by atoms with Crippen LogP contribution in [-0.2, 0) is 18.9 Å². The summed E-state index contributed by atoms with van der Waals surface area (Å²) < 4.78 is 22.0. The number of hydrogen-bond donors (Lipinski definition) is 1. The molecule has 0 spiro atoms. The van der Waals surface area contributed by atoms with Crippen LogP contribution in [0.15, 0.2) is 12.2 Å². The van der Waals surface area contributed by atoms with E-state index in [2.05, 4.69) is 5.32 Å². The zero-order chi connectivity index (χ0) is 35.1. The summed E-state index contributed by atoms with van der Waals surface area (Å²) in [6, 6.07) is 0. The third-order valence-corrected chi connectivity index (χ3v) is 5.40. The van der Waals surface area contributed by atoms with Crippen LogP contribution >= 0.6 is 0 Å². The van der Waals surface area contributed by atoms with Crippen molar-refractivity contribution in [1.29, 1.82) is 0 Å². The predicted octanol–water partition coefficient (Wildman–Crippen LogP) is 6.97. The molecule has 0 aliphatic heterocycles. The van der Waals surface area contributed by atoms with Gasteiger partial charge in [0.25, 0.3) is 0 Å². The van der Waals surface area contributed by atoms with E-state index in [9.17, 15) is 19.2 Å². The first-order valence-corrected chi connectivity index (χ1v) is 16.0. The molecule has 0 bridgehead atoms. The first-order chi connectivity index (χ1) is 20.4. The second kappa shape index (κ2) is 18.7. The Morgan fingerprint density at radius 1 is 0.533 bits per heavy atom. The molecular weight excluding hydrogens is 580 g/mol. The first kappa shape index (κ1) is 41.8. The lowest BCUT2D eigenvalue weighted by atomic mass is 10.2. The van der Waals surface area contributed by atoms with Crippen molar-refractivity contribution in [1.82, 2.24) is 20.0 Å². The molecule has 12 nitrogen and oxygen atoms in total.